The van der Waals surface area contributed by atoms with Crippen molar-refractivity contribution in [2.24, 2.45) is 0 Å². The third-order valence-corrected chi connectivity index (χ3v) is 4.47. The van der Waals surface area contributed by atoms with Crippen LogP contribution in [0.2, 0.25) is 5.02 Å². The Morgan fingerprint density at radius 3 is 2.76 bits per heavy atom. The van der Waals surface area contributed by atoms with E-state index >= 15 is 0 Å². The van der Waals surface area contributed by atoms with Crippen molar-refractivity contribution in [3.8, 4) is 6.07 Å². The molecule has 0 amide bonds. The number of nitrogens with zero attached hydrogens (tertiary/aromatic N) is 3. The van der Waals surface area contributed by atoms with Gasteiger partial charge in [0.15, 0.2) is 0 Å². The Balaban J connectivity index is 2.20. The lowest BCUT2D eigenvalue weighted by molar-refractivity contribution is 0.619. The zero-order chi connectivity index (χ0) is 15.4. The maximum Gasteiger partial charge on any atom is 0.0992 e. The monoisotopic (exact) mass is 366 g/mol. The zero-order valence-corrected chi connectivity index (χ0v) is 14.3. The van der Waals surface area contributed by atoms with Gasteiger partial charge >= 0.3 is 0 Å². The second kappa shape index (κ2) is 6.97. The molecule has 0 aliphatic carbocycles. The summed E-state index contributed by atoms with van der Waals surface area (Å²) in [5, 5.41) is 17.3. The second-order valence-electron chi connectivity index (χ2n) is 4.54. The first-order valence-electron chi connectivity index (χ1n) is 6.78. The molecule has 1 heterocycles. The van der Waals surface area contributed by atoms with Crippen LogP contribution in [0.4, 0.5) is 5.69 Å². The molecular formula is C15H16BrClN4. The van der Waals surface area contributed by atoms with Gasteiger partial charge in [-0.15, -0.1) is 0 Å². The molecule has 1 aromatic carbocycles. The normalized spacial score (nSPS) is 10.4. The molecule has 1 N–H and O–H groups in total. The number of benzene rings is 1. The van der Waals surface area contributed by atoms with Gasteiger partial charge in [-0.1, -0.05) is 18.5 Å². The van der Waals surface area contributed by atoms with Crippen LogP contribution >= 0.6 is 27.5 Å². The fourth-order valence-electron chi connectivity index (χ4n) is 2.09. The van der Waals surface area contributed by atoms with Gasteiger partial charge in [-0.05, 0) is 47.5 Å². The molecule has 0 bridgehead atoms. The molecule has 0 spiro atoms. The van der Waals surface area contributed by atoms with Crippen molar-refractivity contribution < 1.29 is 0 Å². The zero-order valence-electron chi connectivity index (χ0n) is 12.0. The van der Waals surface area contributed by atoms with Crippen molar-refractivity contribution >= 4 is 33.2 Å². The van der Waals surface area contributed by atoms with Crippen LogP contribution in [-0.4, -0.2) is 9.78 Å². The lowest BCUT2D eigenvalue weighted by atomic mass is 10.2. The van der Waals surface area contributed by atoms with E-state index in [4.69, 9.17) is 16.9 Å². The Morgan fingerprint density at radius 2 is 2.19 bits per heavy atom. The summed E-state index contributed by atoms with van der Waals surface area (Å²) in [7, 11) is 0. The van der Waals surface area contributed by atoms with Gasteiger partial charge in [0.2, 0.25) is 0 Å². The molecule has 0 saturated carbocycles. The number of aromatic nitrogens is 2. The number of halogens is 2. The van der Waals surface area contributed by atoms with E-state index in [-0.39, 0.29) is 0 Å². The van der Waals surface area contributed by atoms with E-state index in [1.54, 1.807) is 12.1 Å². The Morgan fingerprint density at radius 1 is 1.43 bits per heavy atom. The Kier molecular flexibility index (Phi) is 5.27. The van der Waals surface area contributed by atoms with Crippen LogP contribution in [0.25, 0.3) is 0 Å². The third kappa shape index (κ3) is 3.39. The quantitative estimate of drug-likeness (QED) is 0.854. The Hall–Kier alpha value is -1.51. The van der Waals surface area contributed by atoms with Gasteiger partial charge < -0.3 is 5.32 Å². The highest BCUT2D eigenvalue weighted by Crippen LogP contribution is 2.26. The fraction of sp³-hybridized carbons (Fsp3) is 0.333. The summed E-state index contributed by atoms with van der Waals surface area (Å²) >= 11 is 9.79. The highest BCUT2D eigenvalue weighted by molar-refractivity contribution is 9.10. The van der Waals surface area contributed by atoms with E-state index in [0.717, 1.165) is 34.5 Å². The fourth-order valence-corrected chi connectivity index (χ4v) is 3.05. The van der Waals surface area contributed by atoms with Gasteiger partial charge in [0.25, 0.3) is 0 Å². The highest BCUT2D eigenvalue weighted by atomic mass is 79.9. The average molecular weight is 368 g/mol. The van der Waals surface area contributed by atoms with Crippen molar-refractivity contribution in [2.45, 2.75) is 33.4 Å². The van der Waals surface area contributed by atoms with Crippen LogP contribution < -0.4 is 5.32 Å². The predicted octanol–water partition coefficient (Wildman–Crippen LogP) is 4.37. The third-order valence-electron chi connectivity index (χ3n) is 3.24. The molecule has 0 unspecified atom stereocenters. The largest absolute Gasteiger partial charge is 0.378 e. The molecule has 0 aliphatic heterocycles. The summed E-state index contributed by atoms with van der Waals surface area (Å²) in [6.07, 6.45) is 0.887. The number of aryl methyl sites for hydroxylation is 2. The summed E-state index contributed by atoms with van der Waals surface area (Å²) in [5.74, 6) is 0. The van der Waals surface area contributed by atoms with Crippen molar-refractivity contribution in [3.63, 3.8) is 0 Å². The van der Waals surface area contributed by atoms with Crippen molar-refractivity contribution in [1.29, 1.82) is 5.26 Å². The highest BCUT2D eigenvalue weighted by Gasteiger charge is 2.14. The van der Waals surface area contributed by atoms with E-state index < -0.39 is 0 Å². The topological polar surface area (TPSA) is 53.6 Å². The van der Waals surface area contributed by atoms with Crippen LogP contribution in [0.5, 0.6) is 0 Å². The van der Waals surface area contributed by atoms with Gasteiger partial charge in [-0.3, -0.25) is 4.68 Å². The lowest BCUT2D eigenvalue weighted by Gasteiger charge is -2.10. The standard InChI is InChI=1S/C15H16BrClN4/c1-3-12-15(16)14(21(4-2)20-12)9-19-13-6-5-10(8-18)7-11(13)17/h5-7,19H,3-4,9H2,1-2H3. The number of hydrogen-bond donors (Lipinski definition) is 1. The summed E-state index contributed by atoms with van der Waals surface area (Å²) in [6, 6.07) is 7.30. The Labute approximate surface area is 137 Å². The number of nitriles is 1. The molecule has 4 nitrogen and oxygen atoms in total. The minimum atomic E-state index is 0.545. The smallest absolute Gasteiger partial charge is 0.0992 e. The van der Waals surface area contributed by atoms with Crippen molar-refractivity contribution in [2.75, 3.05) is 5.32 Å². The van der Waals surface area contributed by atoms with E-state index in [1.807, 2.05) is 10.7 Å². The summed E-state index contributed by atoms with van der Waals surface area (Å²) in [4.78, 5) is 0. The molecule has 0 atom stereocenters. The Bertz CT molecular complexity index is 688. The van der Waals surface area contributed by atoms with Crippen LogP contribution in [0.1, 0.15) is 30.8 Å². The van der Waals surface area contributed by atoms with Crippen LogP contribution in [-0.2, 0) is 19.5 Å². The van der Waals surface area contributed by atoms with Crippen LogP contribution in [0, 0.1) is 11.3 Å². The lowest BCUT2D eigenvalue weighted by Crippen LogP contribution is -2.08. The van der Waals surface area contributed by atoms with Crippen molar-refractivity contribution in [1.82, 2.24) is 9.78 Å². The molecule has 0 aliphatic rings. The maximum absolute atomic E-state index is 8.85. The predicted molar refractivity (Wildman–Crippen MR) is 88.5 cm³/mol. The summed E-state index contributed by atoms with van der Waals surface area (Å²) in [6.45, 7) is 5.59. The molecule has 21 heavy (non-hydrogen) atoms. The van der Waals surface area contributed by atoms with E-state index in [0.29, 0.717) is 17.1 Å². The molecule has 1 aromatic heterocycles. The van der Waals surface area contributed by atoms with Gasteiger partial charge in [0, 0.05) is 6.54 Å². The first kappa shape index (κ1) is 15.9. The van der Waals surface area contributed by atoms with Gasteiger partial charge in [0.05, 0.1) is 44.7 Å². The minimum absolute atomic E-state index is 0.545. The molecule has 6 heteroatoms. The van der Waals surface area contributed by atoms with Gasteiger partial charge in [-0.2, -0.15) is 10.4 Å². The molecule has 0 fully saturated rings. The van der Waals surface area contributed by atoms with Crippen molar-refractivity contribution in [3.05, 3.63) is 44.6 Å². The first-order chi connectivity index (χ1) is 10.1. The molecule has 0 radical (unpaired) electrons. The second-order valence-corrected chi connectivity index (χ2v) is 5.74. The summed E-state index contributed by atoms with van der Waals surface area (Å²) < 4.78 is 3.03. The van der Waals surface area contributed by atoms with E-state index in [9.17, 15) is 0 Å². The SMILES string of the molecule is CCc1nn(CC)c(CNc2ccc(C#N)cc2Cl)c1Br. The molecule has 0 saturated heterocycles. The van der Waals surface area contributed by atoms with E-state index in [1.165, 1.54) is 0 Å². The first-order valence-corrected chi connectivity index (χ1v) is 7.95. The van der Waals surface area contributed by atoms with Gasteiger partial charge in [0.1, 0.15) is 0 Å². The summed E-state index contributed by atoms with van der Waals surface area (Å²) in [5.41, 5.74) is 3.51. The number of hydrogen-bond acceptors (Lipinski definition) is 3. The minimum Gasteiger partial charge on any atom is -0.378 e. The molecular weight excluding hydrogens is 352 g/mol. The van der Waals surface area contributed by atoms with Crippen LogP contribution in [0.15, 0.2) is 22.7 Å². The maximum atomic E-state index is 8.85. The average Bonchev–Trinajstić information content (AvgIpc) is 2.81. The molecule has 2 aromatic rings. The van der Waals surface area contributed by atoms with E-state index in [2.05, 4.69) is 46.3 Å². The van der Waals surface area contributed by atoms with Crippen LogP contribution in [0.3, 0.4) is 0 Å². The molecule has 110 valence electrons. The van der Waals surface area contributed by atoms with Gasteiger partial charge in [-0.25, -0.2) is 0 Å². The molecule has 2 rings (SSSR count). The number of anilines is 1. The number of rotatable bonds is 5. The number of nitrogens with one attached hydrogen (secondary N) is 1.